The third kappa shape index (κ3) is 3.28. The lowest BCUT2D eigenvalue weighted by Gasteiger charge is -2.29. The van der Waals surface area contributed by atoms with Crippen LogP contribution < -0.4 is 0 Å². The Labute approximate surface area is 100 Å². The number of ether oxygens (including phenoxy) is 3. The first-order valence-electron chi connectivity index (χ1n) is 5.68. The zero-order valence-electron chi connectivity index (χ0n) is 9.80. The van der Waals surface area contributed by atoms with Crippen molar-refractivity contribution < 1.29 is 19.0 Å². The molecule has 0 aromatic heterocycles. The van der Waals surface area contributed by atoms with Gasteiger partial charge in [0.15, 0.2) is 6.29 Å². The quantitative estimate of drug-likeness (QED) is 0.753. The van der Waals surface area contributed by atoms with Crippen molar-refractivity contribution in [2.24, 2.45) is 0 Å². The van der Waals surface area contributed by atoms with Gasteiger partial charge >= 0.3 is 5.97 Å². The second kappa shape index (κ2) is 5.80. The van der Waals surface area contributed by atoms with Crippen molar-refractivity contribution in [3.63, 3.8) is 0 Å². The molecular weight excluding hydrogens is 220 g/mol. The van der Waals surface area contributed by atoms with Crippen LogP contribution in [0.2, 0.25) is 0 Å². The fourth-order valence-corrected chi connectivity index (χ4v) is 1.84. The maximum Gasteiger partial charge on any atom is 0.310 e. The number of hydrogen-bond acceptors (Lipinski definition) is 4. The highest BCUT2D eigenvalue weighted by atomic mass is 16.7. The average Bonchev–Trinajstić information content (AvgIpc) is 2.40. The molecule has 1 saturated heterocycles. The first kappa shape index (κ1) is 12.1. The van der Waals surface area contributed by atoms with Gasteiger partial charge in [-0.15, -0.1) is 0 Å². The minimum absolute atomic E-state index is 0.000365. The summed E-state index contributed by atoms with van der Waals surface area (Å²) in [6.07, 6.45) is 0.447. The van der Waals surface area contributed by atoms with Crippen LogP contribution in [0.1, 0.15) is 24.5 Å². The van der Waals surface area contributed by atoms with E-state index in [0.717, 1.165) is 12.0 Å². The molecule has 2 atom stereocenters. The first-order chi connectivity index (χ1) is 8.29. The standard InChI is InChI=1S/C13H16O4/c1-15-12(14)9-13-16-8-7-11(17-13)10-5-3-2-4-6-10/h2-6,11,13H,7-9H2,1H3/t11-,13-/m1/s1. The van der Waals surface area contributed by atoms with Gasteiger partial charge in [-0.3, -0.25) is 4.79 Å². The highest BCUT2D eigenvalue weighted by Gasteiger charge is 2.26. The highest BCUT2D eigenvalue weighted by molar-refractivity contribution is 5.69. The van der Waals surface area contributed by atoms with E-state index in [1.54, 1.807) is 0 Å². The van der Waals surface area contributed by atoms with Crippen molar-refractivity contribution in [2.75, 3.05) is 13.7 Å². The Bertz CT molecular complexity index is 363. The van der Waals surface area contributed by atoms with Gasteiger partial charge in [0.25, 0.3) is 0 Å². The van der Waals surface area contributed by atoms with E-state index < -0.39 is 6.29 Å². The lowest BCUT2D eigenvalue weighted by Crippen LogP contribution is -2.30. The Balaban J connectivity index is 1.95. The number of benzene rings is 1. The van der Waals surface area contributed by atoms with Gasteiger partial charge in [-0.1, -0.05) is 30.3 Å². The number of rotatable bonds is 3. The molecule has 0 bridgehead atoms. The van der Waals surface area contributed by atoms with E-state index in [1.165, 1.54) is 7.11 Å². The van der Waals surface area contributed by atoms with E-state index in [4.69, 9.17) is 9.47 Å². The fraction of sp³-hybridized carbons (Fsp3) is 0.462. The fourth-order valence-electron chi connectivity index (χ4n) is 1.84. The summed E-state index contributed by atoms with van der Waals surface area (Å²) in [4.78, 5) is 11.1. The second-order valence-corrected chi connectivity index (χ2v) is 3.90. The van der Waals surface area contributed by atoms with Crippen LogP contribution in [0.4, 0.5) is 0 Å². The molecule has 0 aliphatic carbocycles. The molecule has 1 fully saturated rings. The maximum atomic E-state index is 11.1. The summed E-state index contributed by atoms with van der Waals surface area (Å²) in [5, 5.41) is 0. The second-order valence-electron chi connectivity index (χ2n) is 3.90. The Morgan fingerprint density at radius 2 is 2.18 bits per heavy atom. The third-order valence-electron chi connectivity index (χ3n) is 2.73. The molecule has 0 spiro atoms. The van der Waals surface area contributed by atoms with Gasteiger partial charge in [-0.25, -0.2) is 0 Å². The third-order valence-corrected chi connectivity index (χ3v) is 2.73. The van der Waals surface area contributed by atoms with Gasteiger partial charge in [0, 0.05) is 6.42 Å². The smallest absolute Gasteiger partial charge is 0.310 e. The molecule has 92 valence electrons. The average molecular weight is 236 g/mol. The van der Waals surface area contributed by atoms with Crippen LogP contribution in [0.25, 0.3) is 0 Å². The van der Waals surface area contributed by atoms with Gasteiger partial charge in [-0.05, 0) is 5.56 Å². The Morgan fingerprint density at radius 1 is 1.41 bits per heavy atom. The summed E-state index contributed by atoms with van der Waals surface area (Å²) in [6.45, 7) is 0.598. The van der Waals surface area contributed by atoms with Gasteiger partial charge < -0.3 is 14.2 Å². The summed E-state index contributed by atoms with van der Waals surface area (Å²) in [5.74, 6) is -0.316. The molecule has 0 saturated carbocycles. The minimum atomic E-state index is -0.499. The molecule has 1 aromatic rings. The lowest BCUT2D eigenvalue weighted by molar-refractivity contribution is -0.220. The predicted octanol–water partition coefficient (Wildman–Crippen LogP) is 2.05. The van der Waals surface area contributed by atoms with E-state index in [9.17, 15) is 4.79 Å². The van der Waals surface area contributed by atoms with Gasteiger partial charge in [-0.2, -0.15) is 0 Å². The van der Waals surface area contributed by atoms with Gasteiger partial charge in [0.1, 0.15) is 0 Å². The minimum Gasteiger partial charge on any atom is -0.469 e. The van der Waals surface area contributed by atoms with Crippen LogP contribution in [0.5, 0.6) is 0 Å². The van der Waals surface area contributed by atoms with E-state index >= 15 is 0 Å². The van der Waals surface area contributed by atoms with Gasteiger partial charge in [0.05, 0.1) is 26.2 Å². The van der Waals surface area contributed by atoms with Crippen molar-refractivity contribution in [3.8, 4) is 0 Å². The summed E-state index contributed by atoms with van der Waals surface area (Å²) >= 11 is 0. The number of hydrogen-bond donors (Lipinski definition) is 0. The molecule has 1 aromatic carbocycles. The summed E-state index contributed by atoms with van der Waals surface area (Å²) in [6, 6.07) is 9.96. The Hall–Kier alpha value is -1.39. The molecular formula is C13H16O4. The number of carbonyl (C=O) groups excluding carboxylic acids is 1. The molecule has 0 N–H and O–H groups in total. The molecule has 1 aliphatic heterocycles. The number of methoxy groups -OCH3 is 1. The largest absolute Gasteiger partial charge is 0.469 e. The summed E-state index contributed by atoms with van der Waals surface area (Å²) in [5.41, 5.74) is 1.12. The molecule has 4 nitrogen and oxygen atoms in total. The van der Waals surface area contributed by atoms with Crippen LogP contribution in [-0.4, -0.2) is 26.0 Å². The SMILES string of the molecule is COC(=O)C[C@@H]1OCC[C@H](c2ccccc2)O1. The molecule has 17 heavy (non-hydrogen) atoms. The van der Waals surface area contributed by atoms with Crippen molar-refractivity contribution in [1.29, 1.82) is 0 Å². The van der Waals surface area contributed by atoms with Crippen molar-refractivity contribution in [2.45, 2.75) is 25.2 Å². The zero-order valence-corrected chi connectivity index (χ0v) is 9.80. The van der Waals surface area contributed by atoms with Crippen LogP contribution in [0.3, 0.4) is 0 Å². The zero-order chi connectivity index (χ0) is 12.1. The highest BCUT2D eigenvalue weighted by Crippen LogP contribution is 2.28. The summed E-state index contributed by atoms with van der Waals surface area (Å²) < 4.78 is 15.7. The molecule has 1 aliphatic rings. The van der Waals surface area contributed by atoms with Crippen LogP contribution in [0.15, 0.2) is 30.3 Å². The van der Waals surface area contributed by atoms with Crippen LogP contribution >= 0.6 is 0 Å². The van der Waals surface area contributed by atoms with Gasteiger partial charge in [0.2, 0.25) is 0 Å². The topological polar surface area (TPSA) is 44.8 Å². The first-order valence-corrected chi connectivity index (χ1v) is 5.68. The Kier molecular flexibility index (Phi) is 4.12. The monoisotopic (exact) mass is 236 g/mol. The predicted molar refractivity (Wildman–Crippen MR) is 61.3 cm³/mol. The molecule has 0 radical (unpaired) electrons. The van der Waals surface area contributed by atoms with Crippen molar-refractivity contribution in [3.05, 3.63) is 35.9 Å². The van der Waals surface area contributed by atoms with E-state index in [-0.39, 0.29) is 18.5 Å². The van der Waals surface area contributed by atoms with E-state index in [2.05, 4.69) is 4.74 Å². The lowest BCUT2D eigenvalue weighted by atomic mass is 10.1. The number of esters is 1. The molecule has 0 amide bonds. The van der Waals surface area contributed by atoms with Crippen molar-refractivity contribution in [1.82, 2.24) is 0 Å². The maximum absolute atomic E-state index is 11.1. The van der Waals surface area contributed by atoms with Crippen LogP contribution in [-0.2, 0) is 19.0 Å². The van der Waals surface area contributed by atoms with Crippen molar-refractivity contribution >= 4 is 5.97 Å². The molecule has 4 heteroatoms. The summed E-state index contributed by atoms with van der Waals surface area (Å²) in [7, 11) is 1.36. The van der Waals surface area contributed by atoms with E-state index in [0.29, 0.717) is 6.61 Å². The number of carbonyl (C=O) groups is 1. The van der Waals surface area contributed by atoms with E-state index in [1.807, 2.05) is 30.3 Å². The molecule has 2 rings (SSSR count). The Morgan fingerprint density at radius 3 is 2.88 bits per heavy atom. The molecule has 0 unspecified atom stereocenters. The normalized spacial score (nSPS) is 24.3. The molecule has 1 heterocycles. The van der Waals surface area contributed by atoms with Crippen LogP contribution in [0, 0.1) is 0 Å².